The van der Waals surface area contributed by atoms with E-state index in [1.165, 1.54) is 11.3 Å². The van der Waals surface area contributed by atoms with Crippen molar-refractivity contribution < 1.29 is 19.4 Å². The van der Waals surface area contributed by atoms with Crippen molar-refractivity contribution >= 4 is 55.9 Å². The summed E-state index contributed by atoms with van der Waals surface area (Å²) in [7, 11) is 0. The number of aryl methyl sites for hydroxylation is 1. The molecule has 0 atom stereocenters. The van der Waals surface area contributed by atoms with Crippen LogP contribution in [0.3, 0.4) is 0 Å². The van der Waals surface area contributed by atoms with Gasteiger partial charge >= 0.3 is 5.97 Å². The third-order valence-electron chi connectivity index (χ3n) is 4.91. The quantitative estimate of drug-likeness (QED) is 0.293. The Balaban J connectivity index is 1.44. The summed E-state index contributed by atoms with van der Waals surface area (Å²) in [6.45, 7) is 2.05. The fourth-order valence-electron chi connectivity index (χ4n) is 3.50. The van der Waals surface area contributed by atoms with Gasteiger partial charge in [0, 0.05) is 9.35 Å². The molecule has 168 valence electrons. The topological polar surface area (TPSA) is 117 Å². The smallest absolute Gasteiger partial charge is 0.341 e. The number of rotatable bonds is 7. The van der Waals surface area contributed by atoms with Crippen LogP contribution in [-0.4, -0.2) is 44.5 Å². The van der Waals surface area contributed by atoms with E-state index in [2.05, 4.69) is 36.4 Å². The number of phenols is 1. The monoisotopic (exact) mass is 536 g/mol. The number of H-pyrrole nitrogens is 1. The molecule has 8 nitrogen and oxygen atoms in total. The minimum atomic E-state index is -0.387. The molecule has 1 aliphatic rings. The summed E-state index contributed by atoms with van der Waals surface area (Å²) in [6, 6.07) is 5.01. The summed E-state index contributed by atoms with van der Waals surface area (Å²) >= 11 is 5.99. The molecule has 11 heteroatoms. The van der Waals surface area contributed by atoms with E-state index < -0.39 is 0 Å². The molecule has 0 saturated carbocycles. The van der Waals surface area contributed by atoms with Crippen molar-refractivity contribution in [2.45, 2.75) is 37.8 Å². The molecule has 0 spiro atoms. The van der Waals surface area contributed by atoms with Crippen molar-refractivity contribution in [2.75, 3.05) is 17.7 Å². The number of ether oxygens (including phenoxy) is 1. The van der Waals surface area contributed by atoms with Crippen LogP contribution in [0, 0.1) is 0 Å². The Labute approximate surface area is 201 Å². The molecule has 1 aromatic carbocycles. The van der Waals surface area contributed by atoms with Gasteiger partial charge < -0.3 is 15.2 Å². The molecular weight excluding hydrogens is 516 g/mol. The zero-order valence-electron chi connectivity index (χ0n) is 17.2. The summed E-state index contributed by atoms with van der Waals surface area (Å²) in [6.07, 6.45) is 3.85. The number of aromatic amines is 1. The highest BCUT2D eigenvalue weighted by molar-refractivity contribution is 9.10. The Hall–Kier alpha value is -2.37. The first kappa shape index (κ1) is 22.8. The van der Waals surface area contributed by atoms with Crippen molar-refractivity contribution in [3.8, 4) is 17.1 Å². The van der Waals surface area contributed by atoms with E-state index in [1.807, 2.05) is 0 Å². The highest BCUT2D eigenvalue weighted by Gasteiger charge is 2.27. The highest BCUT2D eigenvalue weighted by Crippen LogP contribution is 2.39. The summed E-state index contributed by atoms with van der Waals surface area (Å²) in [5.41, 5.74) is 2.01. The van der Waals surface area contributed by atoms with Crippen LogP contribution >= 0.6 is 39.0 Å². The third kappa shape index (κ3) is 5.00. The van der Waals surface area contributed by atoms with Gasteiger partial charge in [-0.2, -0.15) is 0 Å². The van der Waals surface area contributed by atoms with E-state index in [1.54, 1.807) is 25.1 Å². The molecule has 0 unspecified atom stereocenters. The van der Waals surface area contributed by atoms with Gasteiger partial charge in [-0.05, 0) is 56.4 Å². The Bertz CT molecular complexity index is 1160. The first-order chi connectivity index (χ1) is 15.5. The summed E-state index contributed by atoms with van der Waals surface area (Å²) in [5.74, 6) is -0.0841. The zero-order chi connectivity index (χ0) is 22.7. The second kappa shape index (κ2) is 10.1. The van der Waals surface area contributed by atoms with Crippen LogP contribution in [0.4, 0.5) is 5.00 Å². The minimum absolute atomic E-state index is 0.0757. The number of carbonyl (C=O) groups excluding carboxylic acids is 2. The van der Waals surface area contributed by atoms with Crippen LogP contribution in [0.2, 0.25) is 0 Å². The van der Waals surface area contributed by atoms with Gasteiger partial charge in [-0.3, -0.25) is 9.89 Å². The number of hydrogen-bond acceptors (Lipinski definition) is 8. The lowest BCUT2D eigenvalue weighted by atomic mass is 9.95. The standard InChI is InChI=1S/C21H21BrN4O4S2/c1-2-30-20(29)17-12-5-3-4-6-15(12)32-19(17)23-16(28)10-31-21-24-18(25-26-21)13-9-11(22)7-8-14(13)27/h7-9,27H,2-6,10H2,1H3,(H,23,28)(H,24,25,26). The Morgan fingerprint density at radius 1 is 1.34 bits per heavy atom. The van der Waals surface area contributed by atoms with Crippen molar-refractivity contribution in [1.29, 1.82) is 0 Å². The number of aromatic nitrogens is 3. The summed E-state index contributed by atoms with van der Waals surface area (Å²) < 4.78 is 6.03. The minimum Gasteiger partial charge on any atom is -0.507 e. The molecule has 0 bridgehead atoms. The number of nitrogens with zero attached hydrogens (tertiary/aromatic N) is 2. The molecule has 0 saturated heterocycles. The van der Waals surface area contributed by atoms with Crippen LogP contribution in [0.1, 0.15) is 40.6 Å². The van der Waals surface area contributed by atoms with E-state index >= 15 is 0 Å². The molecule has 2 aromatic heterocycles. The summed E-state index contributed by atoms with van der Waals surface area (Å²) in [4.78, 5) is 30.6. The molecule has 4 rings (SSSR count). The van der Waals surface area contributed by atoms with E-state index in [4.69, 9.17) is 4.74 Å². The number of benzene rings is 1. The number of amides is 1. The average Bonchev–Trinajstić information content (AvgIpc) is 3.38. The maximum atomic E-state index is 12.6. The number of thioether (sulfide) groups is 1. The van der Waals surface area contributed by atoms with Gasteiger partial charge in [-0.15, -0.1) is 16.4 Å². The van der Waals surface area contributed by atoms with Gasteiger partial charge in [0.05, 0.1) is 23.5 Å². The van der Waals surface area contributed by atoms with Crippen LogP contribution in [0.5, 0.6) is 5.75 Å². The Morgan fingerprint density at radius 2 is 2.16 bits per heavy atom. The molecule has 2 heterocycles. The number of nitrogens with one attached hydrogen (secondary N) is 2. The second-order valence-corrected chi connectivity index (χ2v) is 10.1. The summed E-state index contributed by atoms with van der Waals surface area (Å²) in [5, 5.41) is 20.7. The molecule has 0 aliphatic heterocycles. The molecule has 1 aliphatic carbocycles. The second-order valence-electron chi connectivity index (χ2n) is 7.10. The fourth-order valence-corrected chi connectivity index (χ4v) is 5.75. The van der Waals surface area contributed by atoms with E-state index in [9.17, 15) is 14.7 Å². The third-order valence-corrected chi connectivity index (χ3v) is 7.46. The number of anilines is 1. The molecule has 0 radical (unpaired) electrons. The molecular formula is C21H21BrN4O4S2. The molecule has 32 heavy (non-hydrogen) atoms. The number of phenolic OH excluding ortho intramolecular Hbond substituents is 1. The van der Waals surface area contributed by atoms with Crippen molar-refractivity contribution in [3.05, 3.63) is 38.7 Å². The van der Waals surface area contributed by atoms with Gasteiger partial charge in [0.15, 0.2) is 5.82 Å². The number of carbonyl (C=O) groups is 2. The van der Waals surface area contributed by atoms with Crippen molar-refractivity contribution in [3.63, 3.8) is 0 Å². The maximum Gasteiger partial charge on any atom is 0.341 e. The van der Waals surface area contributed by atoms with Crippen LogP contribution < -0.4 is 5.32 Å². The number of thiophene rings is 1. The normalized spacial score (nSPS) is 12.9. The van der Waals surface area contributed by atoms with Crippen molar-refractivity contribution in [2.24, 2.45) is 0 Å². The lowest BCUT2D eigenvalue weighted by Gasteiger charge is -2.12. The number of aromatic hydroxyl groups is 1. The predicted octanol–water partition coefficient (Wildman–Crippen LogP) is 4.79. The van der Waals surface area contributed by atoms with E-state index in [0.717, 1.165) is 52.4 Å². The number of esters is 1. The van der Waals surface area contributed by atoms with Crippen LogP contribution in [-0.2, 0) is 22.4 Å². The number of fused-ring (bicyclic) bond motifs is 1. The average molecular weight is 537 g/mol. The zero-order valence-corrected chi connectivity index (χ0v) is 20.5. The lowest BCUT2D eigenvalue weighted by Crippen LogP contribution is -2.17. The van der Waals surface area contributed by atoms with Crippen LogP contribution in [0.25, 0.3) is 11.4 Å². The molecule has 3 N–H and O–H groups in total. The van der Waals surface area contributed by atoms with Gasteiger partial charge in [-0.1, -0.05) is 27.7 Å². The lowest BCUT2D eigenvalue weighted by molar-refractivity contribution is -0.113. The van der Waals surface area contributed by atoms with Crippen molar-refractivity contribution in [1.82, 2.24) is 15.2 Å². The van der Waals surface area contributed by atoms with Gasteiger partial charge in [0.2, 0.25) is 11.1 Å². The van der Waals surface area contributed by atoms with E-state index in [-0.39, 0.29) is 30.0 Å². The number of hydrogen-bond donors (Lipinski definition) is 3. The fraction of sp³-hybridized carbons (Fsp3) is 0.333. The first-order valence-electron chi connectivity index (χ1n) is 10.1. The van der Waals surface area contributed by atoms with E-state index in [0.29, 0.717) is 27.1 Å². The predicted molar refractivity (Wildman–Crippen MR) is 127 cm³/mol. The molecule has 0 fully saturated rings. The SMILES string of the molecule is CCOC(=O)c1c(NC(=O)CSc2n[nH]c(-c3cc(Br)ccc3O)n2)sc2c1CCCC2. The van der Waals surface area contributed by atoms with Gasteiger partial charge in [0.25, 0.3) is 0 Å². The number of halogens is 1. The highest BCUT2D eigenvalue weighted by atomic mass is 79.9. The maximum absolute atomic E-state index is 12.6. The molecule has 1 amide bonds. The van der Waals surface area contributed by atoms with Gasteiger partial charge in [-0.25, -0.2) is 9.78 Å². The first-order valence-corrected chi connectivity index (χ1v) is 12.7. The molecule has 3 aromatic rings. The van der Waals surface area contributed by atoms with Gasteiger partial charge in [0.1, 0.15) is 10.8 Å². The Morgan fingerprint density at radius 3 is 2.97 bits per heavy atom. The Kier molecular flexibility index (Phi) is 7.17. The largest absolute Gasteiger partial charge is 0.507 e. The van der Waals surface area contributed by atoms with Crippen LogP contribution in [0.15, 0.2) is 27.8 Å².